The molecule has 52 heavy (non-hydrogen) atoms. The highest BCUT2D eigenvalue weighted by Gasteiger charge is 2.45. The van der Waals surface area contributed by atoms with Crippen LogP contribution in [0.2, 0.25) is 5.02 Å². The predicted octanol–water partition coefficient (Wildman–Crippen LogP) is 5.06. The van der Waals surface area contributed by atoms with Gasteiger partial charge in [0.1, 0.15) is 12.4 Å². The van der Waals surface area contributed by atoms with Crippen molar-refractivity contribution in [3.63, 3.8) is 0 Å². The standard InChI is InChI=1S/C40H49ClN8O3/c41-33-9-1-7-30-8-2-10-35(37(30)33)46-21-13-32-34(28-46)43-39(52-29-40-14-4-19-48(40)20-5-15-40)44-38(32)47-22-23-49(31(27-47)12-16-42)36(50)11-3-17-45-18-6-25-51-26-24-45/h1-3,7-11,31H,4-6,12-15,17-29H2/b11-3+/t31-/m0/s1. The zero-order valence-electron chi connectivity index (χ0n) is 30.0. The molecule has 3 aromatic rings. The van der Waals surface area contributed by atoms with Crippen LogP contribution in [-0.2, 0) is 22.5 Å². The van der Waals surface area contributed by atoms with Gasteiger partial charge in [-0.3, -0.25) is 14.6 Å². The third kappa shape index (κ3) is 7.19. The number of piperazine rings is 1. The van der Waals surface area contributed by atoms with E-state index in [1.54, 1.807) is 6.08 Å². The highest BCUT2D eigenvalue weighted by atomic mass is 35.5. The molecule has 2 aromatic carbocycles. The number of carbonyl (C=O) groups is 1. The summed E-state index contributed by atoms with van der Waals surface area (Å²) in [5.74, 6) is 0.831. The molecule has 0 bridgehead atoms. The van der Waals surface area contributed by atoms with Crippen LogP contribution in [0.1, 0.15) is 49.8 Å². The van der Waals surface area contributed by atoms with Gasteiger partial charge in [-0.2, -0.15) is 15.2 Å². The van der Waals surface area contributed by atoms with Crippen molar-refractivity contribution in [1.82, 2.24) is 24.7 Å². The molecule has 274 valence electrons. The molecule has 0 spiro atoms. The normalized spacial score (nSPS) is 22.4. The van der Waals surface area contributed by atoms with Crippen molar-refractivity contribution in [3.05, 3.63) is 64.8 Å². The third-order valence-electron chi connectivity index (χ3n) is 11.8. The number of hydrogen-bond donors (Lipinski definition) is 0. The molecule has 1 atom stereocenters. The Hall–Kier alpha value is -3.95. The largest absolute Gasteiger partial charge is 0.461 e. The number of hydrogen-bond acceptors (Lipinski definition) is 10. The summed E-state index contributed by atoms with van der Waals surface area (Å²) in [6.45, 7) is 9.99. The van der Waals surface area contributed by atoms with E-state index >= 15 is 0 Å². The number of amides is 1. The first-order chi connectivity index (χ1) is 25.5. The van der Waals surface area contributed by atoms with E-state index in [-0.39, 0.29) is 23.9 Å². The molecular formula is C40H49ClN8O3. The van der Waals surface area contributed by atoms with E-state index in [1.807, 2.05) is 23.1 Å². The fraction of sp³-hybridized carbons (Fsp3) is 0.550. The van der Waals surface area contributed by atoms with Crippen LogP contribution in [0.4, 0.5) is 11.5 Å². The summed E-state index contributed by atoms with van der Waals surface area (Å²) in [5.41, 5.74) is 3.25. The fourth-order valence-electron chi connectivity index (χ4n) is 9.12. The number of ether oxygens (including phenoxy) is 2. The minimum atomic E-state index is -0.250. The van der Waals surface area contributed by atoms with Crippen molar-refractivity contribution in [1.29, 1.82) is 5.26 Å². The van der Waals surface area contributed by atoms with Crippen LogP contribution in [0, 0.1) is 11.3 Å². The van der Waals surface area contributed by atoms with Crippen molar-refractivity contribution < 1.29 is 14.3 Å². The molecule has 11 nitrogen and oxygen atoms in total. The summed E-state index contributed by atoms with van der Waals surface area (Å²) >= 11 is 6.78. The Morgan fingerprint density at radius 3 is 2.69 bits per heavy atom. The van der Waals surface area contributed by atoms with Crippen molar-refractivity contribution >= 4 is 39.8 Å². The molecule has 6 heterocycles. The lowest BCUT2D eigenvalue weighted by atomic mass is 9.95. The monoisotopic (exact) mass is 724 g/mol. The van der Waals surface area contributed by atoms with Gasteiger partial charge in [-0.1, -0.05) is 41.9 Å². The highest BCUT2D eigenvalue weighted by molar-refractivity contribution is 6.36. The van der Waals surface area contributed by atoms with Crippen molar-refractivity contribution in [3.8, 4) is 12.1 Å². The first kappa shape index (κ1) is 35.1. The number of fused-ring (bicyclic) bond motifs is 3. The van der Waals surface area contributed by atoms with Crippen molar-refractivity contribution in [2.24, 2.45) is 0 Å². The minimum Gasteiger partial charge on any atom is -0.461 e. The first-order valence-electron chi connectivity index (χ1n) is 19.1. The average Bonchev–Trinajstić information content (AvgIpc) is 3.64. The molecule has 0 radical (unpaired) electrons. The number of nitriles is 1. The van der Waals surface area contributed by atoms with Gasteiger partial charge in [-0.05, 0) is 69.1 Å². The molecule has 12 heteroatoms. The average molecular weight is 725 g/mol. The molecule has 0 unspecified atom stereocenters. The lowest BCUT2D eigenvalue weighted by molar-refractivity contribution is -0.128. The smallest absolute Gasteiger partial charge is 0.318 e. The molecule has 1 amide bonds. The lowest BCUT2D eigenvalue weighted by Gasteiger charge is -2.42. The quantitative estimate of drug-likeness (QED) is 0.279. The molecule has 8 rings (SSSR count). The van der Waals surface area contributed by atoms with Gasteiger partial charge in [0.05, 0.1) is 47.9 Å². The highest BCUT2D eigenvalue weighted by Crippen LogP contribution is 2.40. The first-order valence-corrected chi connectivity index (χ1v) is 19.5. The van der Waals surface area contributed by atoms with E-state index in [2.05, 4.69) is 49.9 Å². The Morgan fingerprint density at radius 2 is 1.85 bits per heavy atom. The molecule has 5 aliphatic rings. The Morgan fingerprint density at radius 1 is 1.00 bits per heavy atom. The number of halogens is 1. The maximum atomic E-state index is 13.5. The molecule has 0 saturated carbocycles. The number of benzene rings is 2. The summed E-state index contributed by atoms with van der Waals surface area (Å²) in [7, 11) is 0. The zero-order chi connectivity index (χ0) is 35.5. The molecule has 0 aliphatic carbocycles. The van der Waals surface area contributed by atoms with E-state index in [9.17, 15) is 10.1 Å². The summed E-state index contributed by atoms with van der Waals surface area (Å²) < 4.78 is 12.2. The maximum Gasteiger partial charge on any atom is 0.318 e. The van der Waals surface area contributed by atoms with Gasteiger partial charge in [-0.25, -0.2) is 0 Å². The van der Waals surface area contributed by atoms with Crippen LogP contribution < -0.4 is 14.5 Å². The van der Waals surface area contributed by atoms with Gasteiger partial charge in [0.15, 0.2) is 0 Å². The zero-order valence-corrected chi connectivity index (χ0v) is 30.8. The van der Waals surface area contributed by atoms with E-state index in [0.29, 0.717) is 38.8 Å². The van der Waals surface area contributed by atoms with Gasteiger partial charge in [0.2, 0.25) is 5.91 Å². The topological polar surface area (TPSA) is 101 Å². The molecule has 4 saturated heterocycles. The van der Waals surface area contributed by atoms with Gasteiger partial charge in [-0.15, -0.1) is 0 Å². The van der Waals surface area contributed by atoms with Gasteiger partial charge < -0.3 is 24.2 Å². The summed E-state index contributed by atoms with van der Waals surface area (Å²) in [6.07, 6.45) is 10.4. The predicted molar refractivity (Wildman–Crippen MR) is 203 cm³/mol. The van der Waals surface area contributed by atoms with Crippen LogP contribution >= 0.6 is 11.6 Å². The summed E-state index contributed by atoms with van der Waals surface area (Å²) in [6, 6.07) is 14.9. The third-order valence-corrected chi connectivity index (χ3v) is 12.1. The SMILES string of the molecule is N#CC[C@H]1CN(c2nc(OCC34CCCN3CCC4)nc3c2CCN(c2cccc4cccc(Cl)c24)C3)CCN1C(=O)/C=C/CN1CCCOCC1. The molecule has 1 aromatic heterocycles. The second kappa shape index (κ2) is 15.6. The van der Waals surface area contributed by atoms with Crippen molar-refractivity contribution in [2.45, 2.75) is 63.1 Å². The lowest BCUT2D eigenvalue weighted by Crippen LogP contribution is -2.55. The second-order valence-corrected chi connectivity index (χ2v) is 15.3. The van der Waals surface area contributed by atoms with Crippen LogP contribution in [0.3, 0.4) is 0 Å². The number of aromatic nitrogens is 2. The molecule has 4 fully saturated rings. The number of carbonyl (C=O) groups excluding carboxylic acids is 1. The second-order valence-electron chi connectivity index (χ2n) is 14.9. The van der Waals surface area contributed by atoms with Gasteiger partial charge in [0, 0.05) is 75.1 Å². The number of rotatable bonds is 9. The van der Waals surface area contributed by atoms with E-state index in [0.717, 1.165) is 117 Å². The van der Waals surface area contributed by atoms with Crippen LogP contribution in [0.15, 0.2) is 48.6 Å². The molecular weight excluding hydrogens is 676 g/mol. The summed E-state index contributed by atoms with van der Waals surface area (Å²) in [4.78, 5) is 35.2. The Labute approximate surface area is 311 Å². The van der Waals surface area contributed by atoms with Crippen LogP contribution in [-0.4, -0.2) is 121 Å². The van der Waals surface area contributed by atoms with Crippen molar-refractivity contribution in [2.75, 3.05) is 88.5 Å². The van der Waals surface area contributed by atoms with E-state index < -0.39 is 0 Å². The molecule has 0 N–H and O–H groups in total. The number of nitrogens with zero attached hydrogens (tertiary/aromatic N) is 8. The van der Waals surface area contributed by atoms with E-state index in [1.165, 1.54) is 12.8 Å². The Kier molecular flexibility index (Phi) is 10.5. The fourth-order valence-corrected chi connectivity index (χ4v) is 9.40. The summed E-state index contributed by atoms with van der Waals surface area (Å²) in [5, 5.41) is 12.8. The van der Waals surface area contributed by atoms with E-state index in [4.69, 9.17) is 31.0 Å². The van der Waals surface area contributed by atoms with Gasteiger partial charge >= 0.3 is 6.01 Å². The molecule has 5 aliphatic heterocycles. The Balaban J connectivity index is 1.05. The van der Waals surface area contributed by atoms with Gasteiger partial charge in [0.25, 0.3) is 0 Å². The Bertz CT molecular complexity index is 1820. The van der Waals surface area contributed by atoms with Crippen LogP contribution in [0.5, 0.6) is 6.01 Å². The van der Waals surface area contributed by atoms with Crippen LogP contribution in [0.25, 0.3) is 10.8 Å². The minimum absolute atomic E-state index is 0.0407. The maximum absolute atomic E-state index is 13.5. The number of anilines is 2.